The number of piperidine rings is 1. The van der Waals surface area contributed by atoms with Gasteiger partial charge in [0.25, 0.3) is 0 Å². The summed E-state index contributed by atoms with van der Waals surface area (Å²) in [5.74, 6) is 0.524. The third kappa shape index (κ3) is 4.09. The zero-order chi connectivity index (χ0) is 15.6. The van der Waals surface area contributed by atoms with Gasteiger partial charge in [0.1, 0.15) is 0 Å². The van der Waals surface area contributed by atoms with Gasteiger partial charge >= 0.3 is 0 Å². The Hall–Kier alpha value is -0.580. The molecule has 1 aliphatic heterocycles. The van der Waals surface area contributed by atoms with Crippen LogP contribution in [0.1, 0.15) is 51.5 Å². The number of halogens is 1. The van der Waals surface area contributed by atoms with Gasteiger partial charge in [0, 0.05) is 18.5 Å². The molecule has 2 heterocycles. The molecule has 2 fully saturated rings. The molecule has 5 heteroatoms. The molecule has 0 bridgehead atoms. The molecule has 2 aliphatic rings. The second-order valence-electron chi connectivity index (χ2n) is 7.12. The second-order valence-corrected chi connectivity index (χ2v) is 7.90. The molecule has 1 aromatic rings. The van der Waals surface area contributed by atoms with Crippen molar-refractivity contribution in [2.45, 2.75) is 58.5 Å². The summed E-state index contributed by atoms with van der Waals surface area (Å²) in [6.45, 7) is 7.29. The van der Waals surface area contributed by atoms with Gasteiger partial charge in [-0.1, -0.05) is 20.3 Å². The molecule has 130 valence electrons. The summed E-state index contributed by atoms with van der Waals surface area (Å²) in [5, 5.41) is 7.75. The van der Waals surface area contributed by atoms with Crippen LogP contribution in [0.15, 0.2) is 16.8 Å². The van der Waals surface area contributed by atoms with Crippen LogP contribution in [0, 0.1) is 11.3 Å². The Bertz CT molecular complexity index is 499. The Morgan fingerprint density at radius 1 is 1.48 bits per heavy atom. The average molecular weight is 357 g/mol. The van der Waals surface area contributed by atoms with E-state index in [2.05, 4.69) is 40.9 Å². The highest BCUT2D eigenvalue weighted by Gasteiger charge is 2.57. The normalized spacial score (nSPS) is 23.1. The molecule has 1 aromatic heterocycles. The van der Waals surface area contributed by atoms with Gasteiger partial charge in [-0.25, -0.2) is 0 Å². The molecule has 2 atom stereocenters. The first-order valence-electron chi connectivity index (χ1n) is 8.68. The molecule has 2 unspecified atom stereocenters. The average Bonchev–Trinajstić information content (AvgIpc) is 2.97. The summed E-state index contributed by atoms with van der Waals surface area (Å²) in [6.07, 6.45) is 5.75. The van der Waals surface area contributed by atoms with Gasteiger partial charge in [-0.15, -0.1) is 12.4 Å². The minimum absolute atomic E-state index is 0. The molecular weight excluding hydrogens is 328 g/mol. The Kier molecular flexibility index (Phi) is 6.52. The fourth-order valence-corrected chi connectivity index (χ4v) is 4.65. The van der Waals surface area contributed by atoms with E-state index in [1.807, 2.05) is 0 Å². The minimum Gasteiger partial charge on any atom is -0.335 e. The summed E-state index contributed by atoms with van der Waals surface area (Å²) in [5.41, 5.74) is 1.71. The van der Waals surface area contributed by atoms with Crippen molar-refractivity contribution in [2.75, 3.05) is 13.1 Å². The summed E-state index contributed by atoms with van der Waals surface area (Å²) in [4.78, 5) is 15.2. The van der Waals surface area contributed by atoms with Crippen LogP contribution in [-0.2, 0) is 11.3 Å². The molecule has 0 radical (unpaired) electrons. The van der Waals surface area contributed by atoms with E-state index in [9.17, 15) is 4.79 Å². The maximum Gasteiger partial charge on any atom is 0.225 e. The van der Waals surface area contributed by atoms with Crippen LogP contribution in [0.5, 0.6) is 0 Å². The van der Waals surface area contributed by atoms with Crippen molar-refractivity contribution in [2.24, 2.45) is 11.3 Å². The number of hydrogen-bond acceptors (Lipinski definition) is 3. The van der Waals surface area contributed by atoms with Crippen molar-refractivity contribution in [3.05, 3.63) is 22.4 Å². The molecule has 1 N–H and O–H groups in total. The number of rotatable bonds is 6. The van der Waals surface area contributed by atoms with Crippen molar-refractivity contribution in [3.63, 3.8) is 0 Å². The van der Waals surface area contributed by atoms with E-state index in [1.165, 1.54) is 24.8 Å². The number of thiophene rings is 1. The van der Waals surface area contributed by atoms with Gasteiger partial charge < -0.3 is 10.2 Å². The Morgan fingerprint density at radius 3 is 2.83 bits per heavy atom. The highest BCUT2D eigenvalue weighted by molar-refractivity contribution is 7.07. The van der Waals surface area contributed by atoms with Gasteiger partial charge in [0.15, 0.2) is 0 Å². The van der Waals surface area contributed by atoms with Crippen LogP contribution < -0.4 is 5.32 Å². The first-order valence-corrected chi connectivity index (χ1v) is 9.63. The van der Waals surface area contributed by atoms with E-state index in [-0.39, 0.29) is 18.3 Å². The van der Waals surface area contributed by atoms with Crippen molar-refractivity contribution in [1.29, 1.82) is 0 Å². The fraction of sp³-hybridized carbons (Fsp3) is 0.722. The van der Waals surface area contributed by atoms with Crippen LogP contribution in [0.4, 0.5) is 0 Å². The number of amides is 1. The quantitative estimate of drug-likeness (QED) is 0.833. The van der Waals surface area contributed by atoms with Crippen LogP contribution >= 0.6 is 23.7 Å². The van der Waals surface area contributed by atoms with E-state index < -0.39 is 0 Å². The fourth-order valence-electron chi connectivity index (χ4n) is 3.99. The number of carbonyl (C=O) groups excluding carboxylic acids is 1. The molecule has 1 amide bonds. The molecule has 1 aliphatic carbocycles. The predicted octanol–water partition coefficient (Wildman–Crippen LogP) is 4.08. The number of carbonyl (C=O) groups is 1. The first-order chi connectivity index (χ1) is 10.7. The van der Waals surface area contributed by atoms with E-state index in [0.29, 0.717) is 17.4 Å². The lowest BCUT2D eigenvalue weighted by molar-refractivity contribution is -0.137. The monoisotopic (exact) mass is 356 g/mol. The minimum atomic E-state index is 0. The van der Waals surface area contributed by atoms with Crippen LogP contribution in [0.2, 0.25) is 0 Å². The van der Waals surface area contributed by atoms with Crippen molar-refractivity contribution in [3.8, 4) is 0 Å². The van der Waals surface area contributed by atoms with E-state index in [1.54, 1.807) is 11.3 Å². The third-order valence-corrected chi connectivity index (χ3v) is 6.21. The molecular formula is C18H29ClN2OS. The van der Waals surface area contributed by atoms with Crippen molar-refractivity contribution >= 4 is 29.7 Å². The zero-order valence-electron chi connectivity index (χ0n) is 14.2. The van der Waals surface area contributed by atoms with Gasteiger partial charge in [-0.05, 0) is 66.6 Å². The standard InChI is InChI=1S/C18H28N2OS.ClH/c1-3-4-14(2)17(21)20(12-15-5-10-22-13-15)16-11-18(16)6-8-19-9-7-18;/h5,10,13-14,16,19H,3-4,6-9,11-12H2,1-2H3;1H. The van der Waals surface area contributed by atoms with E-state index in [0.717, 1.165) is 32.5 Å². The smallest absolute Gasteiger partial charge is 0.225 e. The number of nitrogens with one attached hydrogen (secondary N) is 1. The lowest BCUT2D eigenvalue weighted by atomic mass is 9.93. The molecule has 1 saturated heterocycles. The van der Waals surface area contributed by atoms with Gasteiger partial charge in [-0.2, -0.15) is 11.3 Å². The predicted molar refractivity (Wildman–Crippen MR) is 99.1 cm³/mol. The lowest BCUT2D eigenvalue weighted by Crippen LogP contribution is -2.41. The number of hydrogen-bond donors (Lipinski definition) is 1. The zero-order valence-corrected chi connectivity index (χ0v) is 15.8. The maximum absolute atomic E-state index is 13.0. The molecule has 3 rings (SSSR count). The molecule has 23 heavy (non-hydrogen) atoms. The maximum atomic E-state index is 13.0. The largest absolute Gasteiger partial charge is 0.335 e. The molecule has 0 aromatic carbocycles. The van der Waals surface area contributed by atoms with Crippen LogP contribution in [-0.4, -0.2) is 29.9 Å². The molecule has 1 spiro atoms. The molecule has 3 nitrogen and oxygen atoms in total. The lowest BCUT2D eigenvalue weighted by Gasteiger charge is -2.31. The first kappa shape index (κ1) is 18.8. The highest BCUT2D eigenvalue weighted by Crippen LogP contribution is 2.56. The molecule has 1 saturated carbocycles. The van der Waals surface area contributed by atoms with E-state index >= 15 is 0 Å². The Morgan fingerprint density at radius 2 is 2.22 bits per heavy atom. The summed E-state index contributed by atoms with van der Waals surface area (Å²) >= 11 is 1.72. The third-order valence-electron chi connectivity index (χ3n) is 5.48. The van der Waals surface area contributed by atoms with Crippen LogP contribution in [0.25, 0.3) is 0 Å². The Labute approximate surface area is 150 Å². The number of nitrogens with zero attached hydrogens (tertiary/aromatic N) is 1. The van der Waals surface area contributed by atoms with Crippen molar-refractivity contribution < 1.29 is 4.79 Å². The summed E-state index contributed by atoms with van der Waals surface area (Å²) in [7, 11) is 0. The van der Waals surface area contributed by atoms with E-state index in [4.69, 9.17) is 0 Å². The van der Waals surface area contributed by atoms with Gasteiger partial charge in [0.05, 0.1) is 0 Å². The van der Waals surface area contributed by atoms with Gasteiger partial charge in [-0.3, -0.25) is 4.79 Å². The Balaban J connectivity index is 0.00000192. The highest BCUT2D eigenvalue weighted by atomic mass is 35.5. The summed E-state index contributed by atoms with van der Waals surface area (Å²) < 4.78 is 0. The van der Waals surface area contributed by atoms with Crippen molar-refractivity contribution in [1.82, 2.24) is 10.2 Å². The second kappa shape index (κ2) is 8.00. The van der Waals surface area contributed by atoms with Crippen LogP contribution in [0.3, 0.4) is 0 Å². The SMILES string of the molecule is CCCC(C)C(=O)N(Cc1ccsc1)C1CC12CCNCC2.Cl. The van der Waals surface area contributed by atoms with Gasteiger partial charge in [0.2, 0.25) is 5.91 Å². The topological polar surface area (TPSA) is 32.3 Å². The summed E-state index contributed by atoms with van der Waals surface area (Å²) in [6, 6.07) is 2.63.